The van der Waals surface area contributed by atoms with Crippen LogP contribution in [0.3, 0.4) is 0 Å². The van der Waals surface area contributed by atoms with Crippen molar-refractivity contribution in [2.75, 3.05) is 0 Å². The molecule has 1 N–H and O–H groups in total. The van der Waals surface area contributed by atoms with Crippen LogP contribution >= 0.6 is 11.6 Å². The number of rotatable bonds is 2. The molecule has 1 aromatic rings. The van der Waals surface area contributed by atoms with Crippen LogP contribution in [0.5, 0.6) is 5.75 Å². The SMILES string of the molecule is O=[N+]([O-])c1ccc(O)c(Cl)c1[N+](=O)[O-]. The molecule has 1 aromatic carbocycles. The third-order valence-electron chi connectivity index (χ3n) is 1.45. The maximum absolute atomic E-state index is 10.4. The molecule has 14 heavy (non-hydrogen) atoms. The van der Waals surface area contributed by atoms with Gasteiger partial charge in [0, 0.05) is 6.07 Å². The highest BCUT2D eigenvalue weighted by Gasteiger charge is 2.29. The number of hydrogen-bond acceptors (Lipinski definition) is 5. The van der Waals surface area contributed by atoms with Crippen LogP contribution in [0, 0.1) is 20.2 Å². The first kappa shape index (κ1) is 10.2. The molecule has 8 heteroatoms. The fourth-order valence-electron chi connectivity index (χ4n) is 0.865. The zero-order valence-corrected chi connectivity index (χ0v) is 7.26. The first-order chi connectivity index (χ1) is 6.45. The summed E-state index contributed by atoms with van der Waals surface area (Å²) in [6, 6.07) is 1.74. The van der Waals surface area contributed by atoms with Crippen LogP contribution in [-0.4, -0.2) is 15.0 Å². The molecule has 7 nitrogen and oxygen atoms in total. The number of phenolic OH excluding ortho intramolecular Hbond substituents is 1. The Morgan fingerprint density at radius 2 is 1.79 bits per heavy atom. The largest absolute Gasteiger partial charge is 0.506 e. The number of halogens is 1. The van der Waals surface area contributed by atoms with Crippen molar-refractivity contribution in [1.82, 2.24) is 0 Å². The van der Waals surface area contributed by atoms with Crippen molar-refractivity contribution in [3.63, 3.8) is 0 Å². The van der Waals surface area contributed by atoms with Gasteiger partial charge in [-0.15, -0.1) is 0 Å². The average molecular weight is 219 g/mol. The van der Waals surface area contributed by atoms with Crippen molar-refractivity contribution in [2.45, 2.75) is 0 Å². The van der Waals surface area contributed by atoms with Gasteiger partial charge in [-0.05, 0) is 6.07 Å². The van der Waals surface area contributed by atoms with Gasteiger partial charge in [0.15, 0.2) is 5.02 Å². The molecule has 0 aromatic heterocycles. The van der Waals surface area contributed by atoms with Crippen molar-refractivity contribution < 1.29 is 15.0 Å². The highest BCUT2D eigenvalue weighted by molar-refractivity contribution is 6.34. The van der Waals surface area contributed by atoms with Crippen molar-refractivity contribution in [3.05, 3.63) is 37.4 Å². The maximum Gasteiger partial charge on any atom is 0.368 e. The molecule has 0 saturated heterocycles. The molecule has 0 fully saturated rings. The summed E-state index contributed by atoms with van der Waals surface area (Å²) < 4.78 is 0. The van der Waals surface area contributed by atoms with Crippen LogP contribution in [-0.2, 0) is 0 Å². The van der Waals surface area contributed by atoms with E-state index in [-0.39, 0.29) is 0 Å². The van der Waals surface area contributed by atoms with E-state index >= 15 is 0 Å². The summed E-state index contributed by atoms with van der Waals surface area (Å²) in [6.07, 6.45) is 0. The fourth-order valence-corrected chi connectivity index (χ4v) is 1.09. The Labute approximate surface area is 81.8 Å². The molecule has 1 rings (SSSR count). The molecule has 0 unspecified atom stereocenters. The second kappa shape index (κ2) is 3.46. The Bertz CT molecular complexity index is 419. The quantitative estimate of drug-likeness (QED) is 0.602. The van der Waals surface area contributed by atoms with Crippen molar-refractivity contribution >= 4 is 23.0 Å². The number of nitrogens with zero attached hydrogens (tertiary/aromatic N) is 2. The number of hydrogen-bond donors (Lipinski definition) is 1. The lowest BCUT2D eigenvalue weighted by molar-refractivity contribution is -0.422. The van der Waals surface area contributed by atoms with Gasteiger partial charge >= 0.3 is 11.4 Å². The van der Waals surface area contributed by atoms with Crippen LogP contribution in [0.2, 0.25) is 5.02 Å². The minimum absolute atomic E-state index is 0.566. The van der Waals surface area contributed by atoms with Gasteiger partial charge in [-0.2, -0.15) is 0 Å². The Hall–Kier alpha value is -1.89. The van der Waals surface area contributed by atoms with Crippen LogP contribution < -0.4 is 0 Å². The number of nitro groups is 2. The lowest BCUT2D eigenvalue weighted by atomic mass is 10.2. The van der Waals surface area contributed by atoms with E-state index in [0.717, 1.165) is 12.1 Å². The van der Waals surface area contributed by atoms with E-state index in [1.807, 2.05) is 0 Å². The van der Waals surface area contributed by atoms with Crippen LogP contribution in [0.15, 0.2) is 12.1 Å². The predicted molar refractivity (Wildman–Crippen MR) is 46.4 cm³/mol. The Morgan fingerprint density at radius 1 is 1.21 bits per heavy atom. The molecule has 74 valence electrons. The minimum atomic E-state index is -1.01. The molecule has 0 atom stereocenters. The third kappa shape index (κ3) is 1.57. The van der Waals surface area contributed by atoms with Gasteiger partial charge in [-0.25, -0.2) is 0 Å². The maximum atomic E-state index is 10.4. The molecule has 0 aliphatic rings. The summed E-state index contributed by atoms with van der Waals surface area (Å²) in [6.45, 7) is 0. The zero-order chi connectivity index (χ0) is 10.9. The van der Waals surface area contributed by atoms with E-state index in [2.05, 4.69) is 0 Å². The number of benzene rings is 1. The second-order valence-corrected chi connectivity index (χ2v) is 2.66. The van der Waals surface area contributed by atoms with Gasteiger partial charge in [0.2, 0.25) is 0 Å². The summed E-state index contributed by atoms with van der Waals surface area (Å²) in [5.74, 6) is -0.566. The molecule has 0 heterocycles. The van der Waals surface area contributed by atoms with E-state index in [1.54, 1.807) is 0 Å². The van der Waals surface area contributed by atoms with E-state index in [0.29, 0.717) is 0 Å². The summed E-state index contributed by atoms with van der Waals surface area (Å²) >= 11 is 5.34. The minimum Gasteiger partial charge on any atom is -0.506 e. The van der Waals surface area contributed by atoms with Gasteiger partial charge < -0.3 is 5.11 Å². The molecule has 0 bridgehead atoms. The summed E-state index contributed by atoms with van der Waals surface area (Å²) in [5.41, 5.74) is -1.66. The molecule has 0 aliphatic heterocycles. The summed E-state index contributed by atoms with van der Waals surface area (Å²) in [4.78, 5) is 18.8. The average Bonchev–Trinajstić information content (AvgIpc) is 2.08. The molecule has 0 amide bonds. The zero-order valence-electron chi connectivity index (χ0n) is 6.51. The van der Waals surface area contributed by atoms with Gasteiger partial charge in [-0.1, -0.05) is 11.6 Å². The molecule has 0 spiro atoms. The van der Waals surface area contributed by atoms with Gasteiger partial charge in [-0.3, -0.25) is 20.2 Å². The fraction of sp³-hybridized carbons (Fsp3) is 0. The van der Waals surface area contributed by atoms with E-state index in [9.17, 15) is 20.2 Å². The Morgan fingerprint density at radius 3 is 2.21 bits per heavy atom. The number of nitro benzene ring substituents is 2. The van der Waals surface area contributed by atoms with Crippen molar-refractivity contribution in [2.24, 2.45) is 0 Å². The monoisotopic (exact) mass is 218 g/mol. The van der Waals surface area contributed by atoms with E-state index in [4.69, 9.17) is 16.7 Å². The highest BCUT2D eigenvalue weighted by atomic mass is 35.5. The van der Waals surface area contributed by atoms with E-state index < -0.39 is 32.0 Å². The summed E-state index contributed by atoms with van der Waals surface area (Å²) in [7, 11) is 0. The van der Waals surface area contributed by atoms with E-state index in [1.165, 1.54) is 0 Å². The van der Waals surface area contributed by atoms with Crippen LogP contribution in [0.25, 0.3) is 0 Å². The van der Waals surface area contributed by atoms with Crippen molar-refractivity contribution in [1.29, 1.82) is 0 Å². The normalized spacial score (nSPS) is 9.79. The van der Waals surface area contributed by atoms with Gasteiger partial charge in [0.05, 0.1) is 9.85 Å². The molecular formula is C6H3ClN2O5. The van der Waals surface area contributed by atoms with Gasteiger partial charge in [0.25, 0.3) is 0 Å². The lowest BCUT2D eigenvalue weighted by Crippen LogP contribution is -1.97. The lowest BCUT2D eigenvalue weighted by Gasteiger charge is -1.98. The standard InChI is InChI=1S/C6H3ClN2O5/c7-5-4(10)2-1-3(8(11)12)6(5)9(13)14/h1-2,10H. The van der Waals surface area contributed by atoms with Crippen molar-refractivity contribution in [3.8, 4) is 5.75 Å². The van der Waals surface area contributed by atoms with Crippen LogP contribution in [0.1, 0.15) is 0 Å². The first-order valence-corrected chi connectivity index (χ1v) is 3.63. The first-order valence-electron chi connectivity index (χ1n) is 3.25. The smallest absolute Gasteiger partial charge is 0.368 e. The second-order valence-electron chi connectivity index (χ2n) is 2.28. The molecule has 0 radical (unpaired) electrons. The predicted octanol–water partition coefficient (Wildman–Crippen LogP) is 1.86. The number of phenols is 1. The van der Waals surface area contributed by atoms with Gasteiger partial charge in [0.1, 0.15) is 5.75 Å². The molecule has 0 saturated carbocycles. The topological polar surface area (TPSA) is 107 Å². The molecular weight excluding hydrogens is 216 g/mol. The Balaban J connectivity index is 3.53. The Kier molecular flexibility index (Phi) is 2.52. The molecule has 0 aliphatic carbocycles. The number of aromatic hydroxyl groups is 1. The summed E-state index contributed by atoms with van der Waals surface area (Å²) in [5, 5.41) is 29.1. The third-order valence-corrected chi connectivity index (χ3v) is 1.83. The van der Waals surface area contributed by atoms with Crippen LogP contribution in [0.4, 0.5) is 11.4 Å². The highest BCUT2D eigenvalue weighted by Crippen LogP contribution is 2.39.